The van der Waals surface area contributed by atoms with Crippen LogP contribution in [-0.2, 0) is 13.1 Å². The Morgan fingerprint density at radius 3 is 1.06 bits per heavy atom. The Hall–Kier alpha value is -3.13. The zero-order chi connectivity index (χ0) is 25.6. The molecule has 0 amide bonds. The van der Waals surface area contributed by atoms with Gasteiger partial charge >= 0.3 is 28.9 Å². The average Bonchev–Trinajstić information content (AvgIpc) is 2.80. The standard InChI is InChI=1S/C28H30N2.ClH3O4/c1-21-17-27(25-11-7-5-8-12-25)18-22(2)29(21)15-16-30-23(3)19-28(20-24(30)4)26-13-9-6-10-14-26;2-1(3,4)5/h5-14,17-20H,15-16H2,1-4H3;2-4H/q+2;. The summed E-state index contributed by atoms with van der Waals surface area (Å²) in [6.45, 7) is 10.8. The SMILES string of the molecule is Cc1cc(-c2ccccc2)cc(C)[n+]1CC[n+]1c(C)cc(-c2ccccc2)cc1C.[O-][Cl+](O)(O)O. The first-order valence-corrected chi connectivity index (χ1v) is 12.6. The van der Waals surface area contributed by atoms with Crippen LogP contribution in [0, 0.1) is 37.9 Å². The molecule has 2 heterocycles. The number of hydrogen-bond acceptors (Lipinski definition) is 4. The van der Waals surface area contributed by atoms with E-state index in [1.165, 1.54) is 45.0 Å². The molecular weight excluding hydrogens is 464 g/mol. The van der Waals surface area contributed by atoms with Crippen LogP contribution in [-0.4, -0.2) is 14.0 Å². The topological polar surface area (TPSA) is 91.5 Å². The quantitative estimate of drug-likeness (QED) is 0.370. The predicted octanol–water partition coefficient (Wildman–Crippen LogP) is 2.67. The van der Waals surface area contributed by atoms with E-state index >= 15 is 0 Å². The molecule has 0 spiro atoms. The molecule has 35 heavy (non-hydrogen) atoms. The molecular formula is C28H33ClN2O4+2. The monoisotopic (exact) mass is 496 g/mol. The number of aryl methyl sites for hydroxylation is 4. The average molecular weight is 497 g/mol. The second-order valence-corrected chi connectivity index (χ2v) is 9.39. The van der Waals surface area contributed by atoms with Gasteiger partial charge in [-0.3, -0.25) is 0 Å². The molecule has 2 aromatic heterocycles. The zero-order valence-electron chi connectivity index (χ0n) is 20.5. The van der Waals surface area contributed by atoms with E-state index in [1.807, 2.05) is 0 Å². The molecule has 0 unspecified atom stereocenters. The van der Waals surface area contributed by atoms with Gasteiger partial charge in [0, 0.05) is 52.0 Å². The van der Waals surface area contributed by atoms with Crippen molar-refractivity contribution in [3.05, 3.63) is 108 Å². The van der Waals surface area contributed by atoms with Gasteiger partial charge in [0.05, 0.1) is 0 Å². The van der Waals surface area contributed by atoms with Crippen molar-refractivity contribution in [2.45, 2.75) is 40.8 Å². The van der Waals surface area contributed by atoms with Crippen LogP contribution in [0.1, 0.15) is 22.8 Å². The summed E-state index contributed by atoms with van der Waals surface area (Å²) in [4.78, 5) is 0. The summed E-state index contributed by atoms with van der Waals surface area (Å²) in [7, 11) is -4.19. The molecule has 4 rings (SSSR count). The number of aromatic nitrogens is 2. The summed E-state index contributed by atoms with van der Waals surface area (Å²) in [5.74, 6) is 0. The van der Waals surface area contributed by atoms with Crippen LogP contribution in [0.3, 0.4) is 0 Å². The van der Waals surface area contributed by atoms with Gasteiger partial charge in [0.1, 0.15) is 0 Å². The summed E-state index contributed by atoms with van der Waals surface area (Å²) >= 11 is 0. The molecule has 3 N–H and O–H groups in total. The summed E-state index contributed by atoms with van der Waals surface area (Å²) in [5, 5.41) is 0. The van der Waals surface area contributed by atoms with E-state index in [-0.39, 0.29) is 0 Å². The van der Waals surface area contributed by atoms with Crippen LogP contribution in [0.5, 0.6) is 0 Å². The molecule has 0 atom stereocenters. The van der Waals surface area contributed by atoms with Crippen LogP contribution < -0.4 is 13.8 Å². The molecule has 0 aliphatic heterocycles. The van der Waals surface area contributed by atoms with Gasteiger partial charge in [-0.05, 0) is 22.3 Å². The summed E-state index contributed by atoms with van der Waals surface area (Å²) < 4.78 is 35.1. The van der Waals surface area contributed by atoms with Gasteiger partial charge in [0.2, 0.25) is 13.1 Å². The Morgan fingerprint density at radius 1 is 0.543 bits per heavy atom. The van der Waals surface area contributed by atoms with Gasteiger partial charge < -0.3 is 0 Å². The van der Waals surface area contributed by atoms with E-state index in [2.05, 4.69) is 122 Å². The molecule has 0 fully saturated rings. The van der Waals surface area contributed by atoms with E-state index in [0.29, 0.717) is 0 Å². The molecule has 6 nitrogen and oxygen atoms in total. The van der Waals surface area contributed by atoms with Crippen LogP contribution >= 0.6 is 0 Å². The molecule has 0 radical (unpaired) electrons. The maximum absolute atomic E-state index is 8.83. The van der Waals surface area contributed by atoms with Gasteiger partial charge in [-0.2, -0.15) is 9.13 Å². The first-order chi connectivity index (χ1) is 16.5. The molecule has 4 aromatic rings. The third kappa shape index (κ3) is 7.68. The van der Waals surface area contributed by atoms with Crippen molar-refractivity contribution < 1.29 is 38.0 Å². The molecule has 0 saturated heterocycles. The van der Waals surface area contributed by atoms with E-state index < -0.39 is 10.2 Å². The van der Waals surface area contributed by atoms with Crippen molar-refractivity contribution in [3.63, 3.8) is 0 Å². The second kappa shape index (κ2) is 11.5. The third-order valence-electron chi connectivity index (χ3n) is 5.92. The first kappa shape index (κ1) is 26.5. The number of benzene rings is 2. The van der Waals surface area contributed by atoms with Gasteiger partial charge in [-0.1, -0.05) is 60.7 Å². The molecule has 0 bridgehead atoms. The van der Waals surface area contributed by atoms with Crippen molar-refractivity contribution >= 4 is 0 Å². The van der Waals surface area contributed by atoms with Gasteiger partial charge in [-0.15, -0.1) is 0 Å². The number of halogens is 1. The maximum atomic E-state index is 8.83. The van der Waals surface area contributed by atoms with Crippen molar-refractivity contribution in [1.29, 1.82) is 0 Å². The van der Waals surface area contributed by atoms with E-state index in [0.717, 1.165) is 13.1 Å². The third-order valence-corrected chi connectivity index (χ3v) is 5.92. The number of hydrogen-bond donors (Lipinski definition) is 3. The first-order valence-electron chi connectivity index (χ1n) is 11.3. The number of pyridine rings is 2. The Kier molecular flexibility index (Phi) is 8.72. The normalized spacial score (nSPS) is 11.5. The van der Waals surface area contributed by atoms with E-state index in [1.54, 1.807) is 0 Å². The van der Waals surface area contributed by atoms with Gasteiger partial charge in [0.25, 0.3) is 0 Å². The molecule has 0 saturated carbocycles. The Balaban J connectivity index is 0.000000623. The minimum absolute atomic E-state index is 0.962. The summed E-state index contributed by atoms with van der Waals surface area (Å²) in [6.07, 6.45) is 0. The Morgan fingerprint density at radius 2 is 0.800 bits per heavy atom. The van der Waals surface area contributed by atoms with Crippen LogP contribution in [0.2, 0.25) is 0 Å². The molecule has 7 heteroatoms. The van der Waals surface area contributed by atoms with Crippen molar-refractivity contribution in [3.8, 4) is 22.3 Å². The van der Waals surface area contributed by atoms with Crippen molar-refractivity contribution in [2.24, 2.45) is 0 Å². The fourth-order valence-electron chi connectivity index (χ4n) is 4.35. The molecule has 2 aromatic carbocycles. The minimum atomic E-state index is -4.19. The summed E-state index contributed by atoms with van der Waals surface area (Å²) in [5.41, 5.74) is 10.3. The van der Waals surface area contributed by atoms with Crippen LogP contribution in [0.25, 0.3) is 22.3 Å². The Labute approximate surface area is 208 Å². The van der Waals surface area contributed by atoms with E-state index in [9.17, 15) is 0 Å². The van der Waals surface area contributed by atoms with E-state index in [4.69, 9.17) is 18.6 Å². The predicted molar refractivity (Wildman–Crippen MR) is 130 cm³/mol. The molecule has 184 valence electrons. The molecule has 0 aliphatic carbocycles. The fraction of sp³-hybridized carbons (Fsp3) is 0.214. The second-order valence-electron chi connectivity index (χ2n) is 8.52. The number of rotatable bonds is 5. The molecule has 0 aliphatic rings. The van der Waals surface area contributed by atoms with Crippen molar-refractivity contribution in [1.82, 2.24) is 0 Å². The van der Waals surface area contributed by atoms with Crippen LogP contribution in [0.15, 0.2) is 84.9 Å². The summed E-state index contributed by atoms with van der Waals surface area (Å²) in [6, 6.07) is 30.4. The van der Waals surface area contributed by atoms with Crippen LogP contribution in [0.4, 0.5) is 0 Å². The fourth-order valence-corrected chi connectivity index (χ4v) is 4.35. The zero-order valence-corrected chi connectivity index (χ0v) is 21.3. The Bertz CT molecular complexity index is 1130. The number of nitrogens with zero attached hydrogens (tertiary/aromatic N) is 2. The van der Waals surface area contributed by atoms with Gasteiger partial charge in [-0.25, -0.2) is 0 Å². The van der Waals surface area contributed by atoms with Crippen molar-refractivity contribution in [2.75, 3.05) is 0 Å². The van der Waals surface area contributed by atoms with Gasteiger partial charge in [0.15, 0.2) is 22.8 Å².